The lowest BCUT2D eigenvalue weighted by Gasteiger charge is -2.20. The highest BCUT2D eigenvalue weighted by atomic mass is 35.5. The molecule has 0 fully saturated rings. The van der Waals surface area contributed by atoms with Crippen LogP contribution >= 0.6 is 23.4 Å². The van der Waals surface area contributed by atoms with Gasteiger partial charge in [0.15, 0.2) is 5.82 Å². The fourth-order valence-electron chi connectivity index (χ4n) is 1.88. The van der Waals surface area contributed by atoms with E-state index >= 15 is 0 Å². The largest absolute Gasteiger partial charge is 0.428 e. The van der Waals surface area contributed by atoms with Crippen LogP contribution in [0.4, 0.5) is 19.0 Å². The molecule has 2 rings (SSSR count). The van der Waals surface area contributed by atoms with E-state index in [0.29, 0.717) is 10.8 Å². The Morgan fingerprint density at radius 2 is 1.90 bits per heavy atom. The van der Waals surface area contributed by atoms with Crippen LogP contribution in [-0.2, 0) is 5.75 Å². The summed E-state index contributed by atoms with van der Waals surface area (Å²) in [4.78, 5) is 4.04. The SMILES string of the molecule is CC.O/N=C/C=C(\SCc1ccccc1Cl)N(/N=C/C(F)(F)F)c1ccccn1. The summed E-state index contributed by atoms with van der Waals surface area (Å²) in [6, 6.07) is 11.9. The molecule has 0 spiro atoms. The summed E-state index contributed by atoms with van der Waals surface area (Å²) in [6.07, 6.45) is -0.946. The molecule has 0 saturated carbocycles. The molecule has 1 aromatic heterocycles. The van der Waals surface area contributed by atoms with E-state index in [2.05, 4.69) is 15.2 Å². The number of rotatable bonds is 7. The van der Waals surface area contributed by atoms with E-state index in [4.69, 9.17) is 16.8 Å². The Hall–Kier alpha value is -2.52. The number of aromatic nitrogens is 1. The fraction of sp³-hybridized carbons (Fsp3) is 0.211. The molecule has 0 atom stereocenters. The zero-order chi connectivity index (χ0) is 21.7. The number of nitrogens with zero attached hydrogens (tertiary/aromatic N) is 4. The lowest BCUT2D eigenvalue weighted by Crippen LogP contribution is -2.19. The second-order valence-corrected chi connectivity index (χ2v) is 6.34. The third kappa shape index (κ3) is 9.01. The van der Waals surface area contributed by atoms with Crippen molar-refractivity contribution in [1.82, 2.24) is 4.98 Å². The highest BCUT2D eigenvalue weighted by Gasteiger charge is 2.25. The first kappa shape index (κ1) is 24.5. The van der Waals surface area contributed by atoms with Crippen LogP contribution < -0.4 is 5.01 Å². The maximum atomic E-state index is 12.6. The molecule has 0 aliphatic carbocycles. The van der Waals surface area contributed by atoms with Gasteiger partial charge < -0.3 is 5.21 Å². The molecule has 0 saturated heterocycles. The van der Waals surface area contributed by atoms with Crippen LogP contribution in [0, 0.1) is 0 Å². The number of hydrogen-bond acceptors (Lipinski definition) is 6. The van der Waals surface area contributed by atoms with Crippen molar-refractivity contribution in [3.05, 3.63) is 70.4 Å². The first-order valence-electron chi connectivity index (χ1n) is 8.47. The molecule has 0 amide bonds. The summed E-state index contributed by atoms with van der Waals surface area (Å²) in [7, 11) is 0. The van der Waals surface area contributed by atoms with Crippen LogP contribution in [-0.4, -0.2) is 28.8 Å². The highest BCUT2D eigenvalue weighted by molar-refractivity contribution is 8.02. The highest BCUT2D eigenvalue weighted by Crippen LogP contribution is 2.31. The van der Waals surface area contributed by atoms with Gasteiger partial charge >= 0.3 is 6.18 Å². The first-order valence-corrected chi connectivity index (χ1v) is 9.84. The molecule has 2 aromatic rings. The van der Waals surface area contributed by atoms with Gasteiger partial charge in [-0.15, -0.1) is 11.8 Å². The van der Waals surface area contributed by atoms with Gasteiger partial charge in [-0.2, -0.15) is 18.3 Å². The molecular weight excluding hydrogens is 425 g/mol. The topological polar surface area (TPSA) is 61.1 Å². The molecule has 29 heavy (non-hydrogen) atoms. The predicted molar refractivity (Wildman–Crippen MR) is 114 cm³/mol. The number of benzene rings is 1. The lowest BCUT2D eigenvalue weighted by molar-refractivity contribution is -0.0537. The standard InChI is InChI=1S/C17H14ClF3N4OS.C2H6/c18-14-6-2-1-5-13(14)11-27-16(8-10-24-26)25(23-12-17(19,20)21)15-7-3-4-9-22-15;1-2/h1-10,12,26H,11H2;1-2H3/b16-8-,23-12+,24-10+;. The number of pyridine rings is 1. The minimum absolute atomic E-state index is 0.137. The van der Waals surface area contributed by atoms with Crippen LogP contribution in [0.5, 0.6) is 0 Å². The fourth-order valence-corrected chi connectivity index (χ4v) is 3.13. The molecular formula is C19H20ClF3N4OS. The van der Waals surface area contributed by atoms with Gasteiger partial charge in [0.25, 0.3) is 0 Å². The van der Waals surface area contributed by atoms with Crippen molar-refractivity contribution in [1.29, 1.82) is 0 Å². The first-order chi connectivity index (χ1) is 13.9. The number of thioether (sulfide) groups is 1. The Balaban J connectivity index is 0.00000204. The number of hydrogen-bond donors (Lipinski definition) is 1. The van der Waals surface area contributed by atoms with E-state index in [1.165, 1.54) is 18.3 Å². The minimum atomic E-state index is -4.60. The Bertz CT molecular complexity index is 830. The summed E-state index contributed by atoms with van der Waals surface area (Å²) in [6.45, 7) is 4.00. The Labute approximate surface area is 176 Å². The van der Waals surface area contributed by atoms with Crippen LogP contribution in [0.15, 0.2) is 70.0 Å². The van der Waals surface area contributed by atoms with E-state index in [-0.39, 0.29) is 17.1 Å². The van der Waals surface area contributed by atoms with Crippen molar-refractivity contribution in [3.63, 3.8) is 0 Å². The van der Waals surface area contributed by atoms with Crippen molar-refractivity contribution < 1.29 is 18.4 Å². The van der Waals surface area contributed by atoms with Crippen LogP contribution in [0.25, 0.3) is 0 Å². The summed E-state index contributed by atoms with van der Waals surface area (Å²) in [5.41, 5.74) is 0.789. The number of oxime groups is 1. The van der Waals surface area contributed by atoms with Gasteiger partial charge in [0.1, 0.15) is 11.2 Å². The number of halogens is 4. The van der Waals surface area contributed by atoms with Gasteiger partial charge in [-0.25, -0.2) is 9.99 Å². The summed E-state index contributed by atoms with van der Waals surface area (Å²) >= 11 is 7.29. The smallest absolute Gasteiger partial charge is 0.411 e. The number of hydrazone groups is 1. The van der Waals surface area contributed by atoms with Crippen LogP contribution in [0.2, 0.25) is 5.02 Å². The molecule has 1 N–H and O–H groups in total. The number of anilines is 1. The van der Waals surface area contributed by atoms with Crippen LogP contribution in [0.3, 0.4) is 0 Å². The van der Waals surface area contributed by atoms with E-state index in [1.54, 1.807) is 36.4 Å². The van der Waals surface area contributed by atoms with Crippen molar-refractivity contribution in [3.8, 4) is 0 Å². The number of allylic oxidation sites excluding steroid dienone is 1. The molecule has 0 radical (unpaired) electrons. The number of alkyl halides is 3. The van der Waals surface area contributed by atoms with E-state index in [1.807, 2.05) is 13.8 Å². The third-order valence-electron chi connectivity index (χ3n) is 3.01. The molecule has 0 aliphatic heterocycles. The molecule has 1 heterocycles. The quantitative estimate of drug-likeness (QED) is 0.307. The van der Waals surface area contributed by atoms with E-state index in [9.17, 15) is 13.2 Å². The average molecular weight is 445 g/mol. The Morgan fingerprint density at radius 3 is 2.48 bits per heavy atom. The Morgan fingerprint density at radius 1 is 1.21 bits per heavy atom. The van der Waals surface area contributed by atoms with Crippen molar-refractivity contribution in [2.75, 3.05) is 5.01 Å². The van der Waals surface area contributed by atoms with Gasteiger partial charge in [-0.3, -0.25) is 0 Å². The predicted octanol–water partition coefficient (Wildman–Crippen LogP) is 6.35. The molecule has 0 unspecified atom stereocenters. The van der Waals surface area contributed by atoms with Crippen molar-refractivity contribution in [2.45, 2.75) is 25.8 Å². The molecule has 0 bridgehead atoms. The summed E-state index contributed by atoms with van der Waals surface area (Å²) in [5.74, 6) is 0.526. The molecule has 0 aliphatic rings. The molecule has 5 nitrogen and oxygen atoms in total. The summed E-state index contributed by atoms with van der Waals surface area (Å²) < 4.78 is 37.9. The molecule has 10 heteroatoms. The average Bonchev–Trinajstić information content (AvgIpc) is 2.72. The monoisotopic (exact) mass is 444 g/mol. The summed E-state index contributed by atoms with van der Waals surface area (Å²) in [5, 5.41) is 16.9. The zero-order valence-electron chi connectivity index (χ0n) is 15.7. The second-order valence-electron chi connectivity index (χ2n) is 4.94. The maximum absolute atomic E-state index is 12.6. The van der Waals surface area contributed by atoms with Gasteiger partial charge in [0.2, 0.25) is 0 Å². The van der Waals surface area contributed by atoms with Crippen LogP contribution in [0.1, 0.15) is 19.4 Å². The van der Waals surface area contributed by atoms with Gasteiger partial charge in [-0.05, 0) is 29.8 Å². The van der Waals surface area contributed by atoms with Gasteiger partial charge in [0, 0.05) is 17.0 Å². The van der Waals surface area contributed by atoms with Gasteiger partial charge in [0.05, 0.1) is 6.21 Å². The lowest BCUT2D eigenvalue weighted by atomic mass is 10.2. The molecule has 1 aromatic carbocycles. The van der Waals surface area contributed by atoms with Crippen molar-refractivity contribution in [2.24, 2.45) is 10.3 Å². The maximum Gasteiger partial charge on any atom is 0.428 e. The normalized spacial score (nSPS) is 12.1. The van der Waals surface area contributed by atoms with E-state index < -0.39 is 6.18 Å². The van der Waals surface area contributed by atoms with E-state index in [0.717, 1.165) is 28.5 Å². The Kier molecular flexibility index (Phi) is 10.9. The zero-order valence-corrected chi connectivity index (χ0v) is 17.3. The van der Waals surface area contributed by atoms with Crippen molar-refractivity contribution >= 4 is 41.6 Å². The minimum Gasteiger partial charge on any atom is -0.411 e. The third-order valence-corrected chi connectivity index (χ3v) is 4.44. The second kappa shape index (κ2) is 12.8. The molecule has 156 valence electrons. The van der Waals surface area contributed by atoms with Gasteiger partial charge in [-0.1, -0.05) is 54.9 Å².